The zero-order valence-electron chi connectivity index (χ0n) is 13.3. The summed E-state index contributed by atoms with van der Waals surface area (Å²) in [6, 6.07) is 7.72. The Labute approximate surface area is 143 Å². The topological polar surface area (TPSA) is 81.2 Å². The van der Waals surface area contributed by atoms with Gasteiger partial charge in [-0.3, -0.25) is 0 Å². The molecule has 2 aromatic carbocycles. The molecule has 1 N–H and O–H groups in total. The van der Waals surface area contributed by atoms with Gasteiger partial charge in [-0.05, 0) is 36.2 Å². The minimum atomic E-state index is -3.26. The molecule has 0 spiro atoms. The second-order valence-electron chi connectivity index (χ2n) is 5.70. The van der Waals surface area contributed by atoms with Gasteiger partial charge in [-0.15, -0.1) is 0 Å². The van der Waals surface area contributed by atoms with E-state index in [0.29, 0.717) is 39.3 Å². The van der Waals surface area contributed by atoms with Gasteiger partial charge in [0.2, 0.25) is 0 Å². The van der Waals surface area contributed by atoms with E-state index in [4.69, 9.17) is 4.74 Å². The monoisotopic (exact) mass is 359 g/mol. The number of aryl methyl sites for hydroxylation is 1. The van der Waals surface area contributed by atoms with Crippen LogP contribution in [0.25, 0.3) is 10.9 Å². The summed E-state index contributed by atoms with van der Waals surface area (Å²) in [5.74, 6) is 0.166. The van der Waals surface area contributed by atoms with Crippen molar-refractivity contribution in [2.75, 3.05) is 18.2 Å². The Kier molecular flexibility index (Phi) is 3.57. The zero-order chi connectivity index (χ0) is 17.6. The summed E-state index contributed by atoms with van der Waals surface area (Å²) < 4.78 is 43.1. The Morgan fingerprint density at radius 3 is 2.80 bits per heavy atom. The van der Waals surface area contributed by atoms with Crippen molar-refractivity contribution in [1.29, 1.82) is 0 Å². The molecule has 1 aliphatic heterocycles. The quantitative estimate of drug-likeness (QED) is 0.774. The van der Waals surface area contributed by atoms with Gasteiger partial charge in [-0.2, -0.15) is 0 Å². The van der Waals surface area contributed by atoms with Crippen molar-refractivity contribution in [2.45, 2.75) is 11.3 Å². The smallest absolute Gasteiger partial charge is 0.179 e. The number of aromatic nitrogens is 2. The first-order chi connectivity index (χ1) is 12.0. The molecule has 1 aliphatic rings. The van der Waals surface area contributed by atoms with Crippen LogP contribution in [-0.2, 0) is 16.3 Å². The summed E-state index contributed by atoms with van der Waals surface area (Å²) in [7, 11) is -1.87. The van der Waals surface area contributed by atoms with Gasteiger partial charge in [0.1, 0.15) is 12.1 Å². The first-order valence-corrected chi connectivity index (χ1v) is 9.25. The van der Waals surface area contributed by atoms with Crippen LogP contribution in [0.15, 0.2) is 41.6 Å². The number of benzene rings is 2. The summed E-state index contributed by atoms with van der Waals surface area (Å²) in [5.41, 5.74) is 1.83. The molecule has 0 radical (unpaired) electrons. The third kappa shape index (κ3) is 2.58. The predicted molar refractivity (Wildman–Crippen MR) is 91.5 cm³/mol. The maximum Gasteiger partial charge on any atom is 0.179 e. The van der Waals surface area contributed by atoms with Gasteiger partial charge in [0, 0.05) is 17.1 Å². The van der Waals surface area contributed by atoms with Crippen molar-refractivity contribution < 1.29 is 17.5 Å². The second kappa shape index (κ2) is 5.66. The number of methoxy groups -OCH3 is 1. The molecule has 0 atom stereocenters. The minimum Gasteiger partial charge on any atom is -0.494 e. The van der Waals surface area contributed by atoms with Crippen molar-refractivity contribution in [3.63, 3.8) is 0 Å². The summed E-state index contributed by atoms with van der Waals surface area (Å²) in [6.45, 7) is 0. The third-order valence-electron chi connectivity index (χ3n) is 4.24. The molecule has 0 saturated heterocycles. The molecule has 25 heavy (non-hydrogen) atoms. The normalized spacial score (nSPS) is 15.1. The lowest BCUT2D eigenvalue weighted by Gasteiger charge is -2.12. The lowest BCUT2D eigenvalue weighted by Crippen LogP contribution is -2.00. The molecule has 6 nitrogen and oxygen atoms in total. The SMILES string of the molecule is COc1ccc(Nc2ncnc3ccc4c(c23)CCS4(=O)=O)cc1F. The lowest BCUT2D eigenvalue weighted by molar-refractivity contribution is 0.386. The van der Waals surface area contributed by atoms with E-state index in [1.54, 1.807) is 18.2 Å². The Morgan fingerprint density at radius 1 is 1.20 bits per heavy atom. The summed E-state index contributed by atoms with van der Waals surface area (Å²) in [4.78, 5) is 8.76. The first kappa shape index (κ1) is 15.8. The molecule has 8 heteroatoms. The summed E-state index contributed by atoms with van der Waals surface area (Å²) in [6.07, 6.45) is 1.80. The van der Waals surface area contributed by atoms with Crippen LogP contribution in [0.2, 0.25) is 0 Å². The highest BCUT2D eigenvalue weighted by Crippen LogP contribution is 2.35. The average molecular weight is 359 g/mol. The van der Waals surface area contributed by atoms with Gasteiger partial charge in [-0.25, -0.2) is 22.8 Å². The van der Waals surface area contributed by atoms with E-state index in [1.165, 1.54) is 25.6 Å². The number of rotatable bonds is 3. The molecule has 0 fully saturated rings. The van der Waals surface area contributed by atoms with Crippen molar-refractivity contribution in [3.8, 4) is 5.75 Å². The van der Waals surface area contributed by atoms with E-state index in [1.807, 2.05) is 0 Å². The maximum atomic E-state index is 13.9. The van der Waals surface area contributed by atoms with Gasteiger partial charge < -0.3 is 10.1 Å². The molecule has 1 aromatic heterocycles. The number of hydrogen-bond donors (Lipinski definition) is 1. The molecule has 2 heterocycles. The molecule has 4 rings (SSSR count). The average Bonchev–Trinajstić information content (AvgIpc) is 2.90. The van der Waals surface area contributed by atoms with E-state index in [-0.39, 0.29) is 11.5 Å². The fraction of sp³-hybridized carbons (Fsp3) is 0.176. The van der Waals surface area contributed by atoms with Gasteiger partial charge in [-0.1, -0.05) is 0 Å². The van der Waals surface area contributed by atoms with Crippen molar-refractivity contribution in [1.82, 2.24) is 9.97 Å². The van der Waals surface area contributed by atoms with E-state index in [0.717, 1.165) is 0 Å². The van der Waals surface area contributed by atoms with Crippen LogP contribution in [-0.4, -0.2) is 31.2 Å². The molecule has 3 aromatic rings. The predicted octanol–water partition coefficient (Wildman–Crippen LogP) is 2.85. The molecule has 128 valence electrons. The number of halogens is 1. The summed E-state index contributed by atoms with van der Waals surface area (Å²) >= 11 is 0. The molecular formula is C17H14FN3O3S. The van der Waals surface area contributed by atoms with Crippen LogP contribution in [0, 0.1) is 5.82 Å². The van der Waals surface area contributed by atoms with Gasteiger partial charge >= 0.3 is 0 Å². The van der Waals surface area contributed by atoms with Crippen molar-refractivity contribution >= 4 is 32.2 Å². The number of anilines is 2. The van der Waals surface area contributed by atoms with Crippen LogP contribution in [0.1, 0.15) is 5.56 Å². The number of ether oxygens (including phenoxy) is 1. The molecule has 0 saturated carbocycles. The van der Waals surface area contributed by atoms with Crippen molar-refractivity contribution in [3.05, 3.63) is 48.0 Å². The molecule has 0 aliphatic carbocycles. The van der Waals surface area contributed by atoms with E-state index in [2.05, 4.69) is 15.3 Å². The van der Waals surface area contributed by atoms with Crippen LogP contribution in [0.4, 0.5) is 15.9 Å². The summed E-state index contributed by atoms with van der Waals surface area (Å²) in [5, 5.41) is 3.70. The first-order valence-electron chi connectivity index (χ1n) is 7.59. The Hall–Kier alpha value is -2.74. The van der Waals surface area contributed by atoms with Gasteiger partial charge in [0.05, 0.1) is 23.3 Å². The van der Waals surface area contributed by atoms with E-state index in [9.17, 15) is 12.8 Å². The largest absolute Gasteiger partial charge is 0.494 e. The third-order valence-corrected chi connectivity index (χ3v) is 6.03. The van der Waals surface area contributed by atoms with E-state index < -0.39 is 15.7 Å². The second-order valence-corrected chi connectivity index (χ2v) is 7.78. The maximum absolute atomic E-state index is 13.9. The number of nitrogens with zero attached hydrogens (tertiary/aromatic N) is 2. The highest BCUT2D eigenvalue weighted by atomic mass is 32.2. The number of hydrogen-bond acceptors (Lipinski definition) is 6. The Bertz CT molecular complexity index is 1100. The van der Waals surface area contributed by atoms with E-state index >= 15 is 0 Å². The Morgan fingerprint density at radius 2 is 2.04 bits per heavy atom. The van der Waals surface area contributed by atoms with Gasteiger partial charge in [0.15, 0.2) is 21.4 Å². The molecular weight excluding hydrogens is 345 g/mol. The molecule has 0 unspecified atom stereocenters. The highest BCUT2D eigenvalue weighted by molar-refractivity contribution is 7.91. The number of sulfone groups is 1. The minimum absolute atomic E-state index is 0.0763. The van der Waals surface area contributed by atoms with Crippen molar-refractivity contribution in [2.24, 2.45) is 0 Å². The van der Waals surface area contributed by atoms with Crippen LogP contribution in [0.3, 0.4) is 0 Å². The molecule has 0 amide bonds. The van der Waals surface area contributed by atoms with Gasteiger partial charge in [0.25, 0.3) is 0 Å². The fourth-order valence-electron chi connectivity index (χ4n) is 3.06. The molecule has 0 bridgehead atoms. The Balaban J connectivity index is 1.86. The zero-order valence-corrected chi connectivity index (χ0v) is 14.1. The lowest BCUT2D eigenvalue weighted by atomic mass is 10.1. The van der Waals surface area contributed by atoms with Crippen LogP contribution in [0.5, 0.6) is 5.75 Å². The van der Waals surface area contributed by atoms with Crippen LogP contribution >= 0.6 is 0 Å². The number of fused-ring (bicyclic) bond motifs is 3. The number of nitrogens with one attached hydrogen (secondary N) is 1. The van der Waals surface area contributed by atoms with Crippen LogP contribution < -0.4 is 10.1 Å². The fourth-order valence-corrected chi connectivity index (χ4v) is 4.61. The highest BCUT2D eigenvalue weighted by Gasteiger charge is 2.29. The standard InChI is InChI=1S/C17H14FN3O3S/c1-24-14-4-2-10(8-12(14)18)21-17-16-11-6-7-25(22,23)15(11)5-3-13(16)19-9-20-17/h2-5,8-9H,6-7H2,1H3,(H,19,20,21).